The molecule has 0 spiro atoms. The van der Waals surface area contributed by atoms with Crippen LogP contribution in [0.4, 0.5) is 0 Å². The summed E-state index contributed by atoms with van der Waals surface area (Å²) in [4.78, 5) is 14.4. The summed E-state index contributed by atoms with van der Waals surface area (Å²) in [6.07, 6.45) is 3.24. The summed E-state index contributed by atoms with van der Waals surface area (Å²) in [6, 6.07) is 8.34. The maximum atomic E-state index is 12.6. The average Bonchev–Trinajstić information content (AvgIpc) is 2.38. The van der Waals surface area contributed by atoms with Gasteiger partial charge in [0, 0.05) is 13.6 Å². The molecule has 1 aromatic carbocycles. The highest BCUT2D eigenvalue weighted by atomic mass is 35.5. The van der Waals surface area contributed by atoms with Gasteiger partial charge < -0.3 is 10.2 Å². The topological polar surface area (TPSA) is 32.3 Å². The molecule has 0 bridgehead atoms. The zero-order valence-electron chi connectivity index (χ0n) is 12.6. The second kappa shape index (κ2) is 7.09. The van der Waals surface area contributed by atoms with Crippen LogP contribution in [0.25, 0.3) is 0 Å². The quantitative estimate of drug-likeness (QED) is 0.930. The van der Waals surface area contributed by atoms with Crippen LogP contribution in [0.1, 0.15) is 37.3 Å². The van der Waals surface area contributed by atoms with Crippen molar-refractivity contribution in [1.82, 2.24) is 10.2 Å². The van der Waals surface area contributed by atoms with Gasteiger partial charge in [-0.3, -0.25) is 4.79 Å². The summed E-state index contributed by atoms with van der Waals surface area (Å²) < 4.78 is 0. The first-order chi connectivity index (χ1) is 9.01. The van der Waals surface area contributed by atoms with Crippen molar-refractivity contribution in [2.75, 3.05) is 13.6 Å². The Labute approximate surface area is 128 Å². The largest absolute Gasteiger partial charge is 0.340 e. The molecule has 3 nitrogen and oxygen atoms in total. The number of amides is 1. The van der Waals surface area contributed by atoms with E-state index in [0.717, 1.165) is 19.4 Å². The van der Waals surface area contributed by atoms with Gasteiger partial charge in [-0.05, 0) is 45.2 Å². The van der Waals surface area contributed by atoms with Crippen molar-refractivity contribution in [3.63, 3.8) is 0 Å². The standard InChI is InChI=1S/C16H24N2O.ClH/c1-13-7-6-8-14(11-13)12-18(3)15(19)16(2)9-4-5-10-17-16;/h6-8,11,17H,4-5,9-10,12H2,1-3H3;1H. The van der Waals surface area contributed by atoms with E-state index in [4.69, 9.17) is 0 Å². The number of benzene rings is 1. The molecule has 1 saturated heterocycles. The molecule has 1 aliphatic heterocycles. The van der Waals surface area contributed by atoms with E-state index in [0.29, 0.717) is 6.54 Å². The van der Waals surface area contributed by atoms with Crippen LogP contribution in [0.15, 0.2) is 24.3 Å². The lowest BCUT2D eigenvalue weighted by Crippen LogP contribution is -2.57. The summed E-state index contributed by atoms with van der Waals surface area (Å²) in [5.74, 6) is 0.203. The van der Waals surface area contributed by atoms with Crippen molar-refractivity contribution in [2.24, 2.45) is 0 Å². The summed E-state index contributed by atoms with van der Waals surface area (Å²) >= 11 is 0. The molecule has 1 N–H and O–H groups in total. The second-order valence-corrected chi connectivity index (χ2v) is 5.87. The Morgan fingerprint density at radius 1 is 1.40 bits per heavy atom. The fourth-order valence-electron chi connectivity index (χ4n) is 2.82. The third kappa shape index (κ3) is 3.97. The molecule has 1 fully saturated rings. The van der Waals surface area contributed by atoms with Crippen molar-refractivity contribution >= 4 is 18.3 Å². The average molecular weight is 297 g/mol. The van der Waals surface area contributed by atoms with Gasteiger partial charge in [0.2, 0.25) is 5.91 Å². The highest BCUT2D eigenvalue weighted by Gasteiger charge is 2.36. The molecular weight excluding hydrogens is 272 g/mol. The summed E-state index contributed by atoms with van der Waals surface area (Å²) in [5.41, 5.74) is 2.05. The van der Waals surface area contributed by atoms with Crippen LogP contribution >= 0.6 is 12.4 Å². The number of hydrogen-bond donors (Lipinski definition) is 1. The van der Waals surface area contributed by atoms with E-state index in [-0.39, 0.29) is 23.9 Å². The first kappa shape index (κ1) is 17.0. The van der Waals surface area contributed by atoms with Gasteiger partial charge >= 0.3 is 0 Å². The Morgan fingerprint density at radius 3 is 2.75 bits per heavy atom. The molecule has 0 radical (unpaired) electrons. The number of carbonyl (C=O) groups excluding carboxylic acids is 1. The SMILES string of the molecule is Cc1cccc(CN(C)C(=O)C2(C)CCCCN2)c1.Cl. The predicted molar refractivity (Wildman–Crippen MR) is 85.2 cm³/mol. The molecule has 1 aliphatic rings. The molecule has 1 unspecified atom stereocenters. The Morgan fingerprint density at radius 2 is 2.15 bits per heavy atom. The molecule has 2 rings (SSSR count). The van der Waals surface area contributed by atoms with E-state index in [1.807, 2.05) is 24.9 Å². The molecule has 112 valence electrons. The van der Waals surface area contributed by atoms with Crippen LogP contribution < -0.4 is 5.32 Å². The molecule has 1 amide bonds. The maximum Gasteiger partial charge on any atom is 0.242 e. The normalized spacial score (nSPS) is 21.9. The van der Waals surface area contributed by atoms with E-state index < -0.39 is 0 Å². The van der Waals surface area contributed by atoms with Crippen LogP contribution in [-0.4, -0.2) is 29.9 Å². The van der Waals surface area contributed by atoms with Gasteiger partial charge in [-0.25, -0.2) is 0 Å². The number of halogens is 1. The predicted octanol–water partition coefficient (Wildman–Crippen LogP) is 2.91. The molecular formula is C16H25ClN2O. The van der Waals surface area contributed by atoms with Crippen LogP contribution in [0.2, 0.25) is 0 Å². The fraction of sp³-hybridized carbons (Fsp3) is 0.562. The van der Waals surface area contributed by atoms with Crippen LogP contribution in [0.5, 0.6) is 0 Å². The Balaban J connectivity index is 0.00000200. The molecule has 0 saturated carbocycles. The lowest BCUT2D eigenvalue weighted by molar-refractivity contribution is -0.137. The van der Waals surface area contributed by atoms with Gasteiger partial charge in [-0.2, -0.15) is 0 Å². The lowest BCUT2D eigenvalue weighted by atomic mass is 9.89. The van der Waals surface area contributed by atoms with Crippen molar-refractivity contribution < 1.29 is 4.79 Å². The molecule has 4 heteroatoms. The van der Waals surface area contributed by atoms with Gasteiger partial charge in [-0.1, -0.05) is 29.8 Å². The number of rotatable bonds is 3. The first-order valence-corrected chi connectivity index (χ1v) is 7.07. The lowest BCUT2D eigenvalue weighted by Gasteiger charge is -2.36. The van der Waals surface area contributed by atoms with Crippen molar-refractivity contribution in [1.29, 1.82) is 0 Å². The monoisotopic (exact) mass is 296 g/mol. The minimum atomic E-state index is -0.378. The number of piperidine rings is 1. The van der Waals surface area contributed by atoms with Gasteiger partial charge in [0.05, 0.1) is 5.54 Å². The van der Waals surface area contributed by atoms with Crippen LogP contribution in [-0.2, 0) is 11.3 Å². The summed E-state index contributed by atoms with van der Waals surface area (Å²) in [5, 5.41) is 3.38. The summed E-state index contributed by atoms with van der Waals surface area (Å²) in [6.45, 7) is 5.73. The van der Waals surface area contributed by atoms with E-state index in [9.17, 15) is 4.79 Å². The number of aryl methyl sites for hydroxylation is 1. The highest BCUT2D eigenvalue weighted by Crippen LogP contribution is 2.21. The summed E-state index contributed by atoms with van der Waals surface area (Å²) in [7, 11) is 1.90. The molecule has 20 heavy (non-hydrogen) atoms. The zero-order chi connectivity index (χ0) is 13.9. The molecule has 1 heterocycles. The third-order valence-corrected chi connectivity index (χ3v) is 3.94. The van der Waals surface area contributed by atoms with Crippen molar-refractivity contribution in [2.45, 2.75) is 45.2 Å². The van der Waals surface area contributed by atoms with Crippen molar-refractivity contribution in [3.05, 3.63) is 35.4 Å². The first-order valence-electron chi connectivity index (χ1n) is 7.07. The van der Waals surface area contributed by atoms with Gasteiger partial charge in [0.1, 0.15) is 0 Å². The van der Waals surface area contributed by atoms with E-state index >= 15 is 0 Å². The van der Waals surface area contributed by atoms with E-state index in [1.54, 1.807) is 0 Å². The minimum Gasteiger partial charge on any atom is -0.340 e. The molecule has 0 aromatic heterocycles. The molecule has 1 aromatic rings. The number of hydrogen-bond acceptors (Lipinski definition) is 2. The van der Waals surface area contributed by atoms with Gasteiger partial charge in [0.15, 0.2) is 0 Å². The zero-order valence-corrected chi connectivity index (χ0v) is 13.4. The number of likely N-dealkylation sites (N-methyl/N-ethyl adjacent to an activating group) is 1. The third-order valence-electron chi connectivity index (χ3n) is 3.94. The van der Waals surface area contributed by atoms with Crippen LogP contribution in [0, 0.1) is 6.92 Å². The number of nitrogens with one attached hydrogen (secondary N) is 1. The van der Waals surface area contributed by atoms with Gasteiger partial charge in [-0.15, -0.1) is 12.4 Å². The van der Waals surface area contributed by atoms with Crippen molar-refractivity contribution in [3.8, 4) is 0 Å². The Hall–Kier alpha value is -1.06. The fourth-order valence-corrected chi connectivity index (χ4v) is 2.82. The number of carbonyl (C=O) groups is 1. The Kier molecular flexibility index (Phi) is 6.03. The smallest absolute Gasteiger partial charge is 0.242 e. The molecule has 1 atom stereocenters. The Bertz CT molecular complexity index is 456. The number of nitrogens with zero attached hydrogens (tertiary/aromatic N) is 1. The second-order valence-electron chi connectivity index (χ2n) is 5.87. The van der Waals surface area contributed by atoms with Crippen LogP contribution in [0.3, 0.4) is 0 Å². The minimum absolute atomic E-state index is 0. The molecule has 0 aliphatic carbocycles. The van der Waals surface area contributed by atoms with Gasteiger partial charge in [0.25, 0.3) is 0 Å². The van der Waals surface area contributed by atoms with E-state index in [2.05, 4.69) is 30.4 Å². The van der Waals surface area contributed by atoms with E-state index in [1.165, 1.54) is 17.5 Å². The maximum absolute atomic E-state index is 12.6. The highest BCUT2D eigenvalue weighted by molar-refractivity contribution is 5.86.